The van der Waals surface area contributed by atoms with Gasteiger partial charge in [-0.05, 0) is 56.3 Å². The Balaban J connectivity index is 1.80. The molecule has 1 rings (SSSR count). The second kappa shape index (κ2) is 21.1. The summed E-state index contributed by atoms with van der Waals surface area (Å²) >= 11 is 0. The van der Waals surface area contributed by atoms with Crippen LogP contribution >= 0.6 is 0 Å². The van der Waals surface area contributed by atoms with Crippen LogP contribution < -0.4 is 15.8 Å². The van der Waals surface area contributed by atoms with E-state index >= 15 is 0 Å². The van der Waals surface area contributed by atoms with Gasteiger partial charge in [-0.2, -0.15) is 0 Å². The molecule has 4 heteroatoms. The lowest BCUT2D eigenvalue weighted by atomic mass is 10.1. The predicted molar refractivity (Wildman–Crippen MR) is 137 cm³/mol. The Bertz CT molecular complexity index is 584. The average Bonchev–Trinajstić information content (AvgIpc) is 2.78. The van der Waals surface area contributed by atoms with E-state index in [2.05, 4.69) is 24.4 Å². The third-order valence-corrected chi connectivity index (χ3v) is 5.71. The van der Waals surface area contributed by atoms with Crippen molar-refractivity contribution in [3.63, 3.8) is 0 Å². The maximum atomic E-state index is 10.9. The van der Waals surface area contributed by atoms with Crippen molar-refractivity contribution in [2.24, 2.45) is 5.73 Å². The zero-order valence-corrected chi connectivity index (χ0v) is 20.6. The molecule has 0 spiro atoms. The van der Waals surface area contributed by atoms with Gasteiger partial charge in [0.2, 0.25) is 5.91 Å². The monoisotopic (exact) mass is 444 g/mol. The molecule has 0 fully saturated rings. The highest BCUT2D eigenvalue weighted by Crippen LogP contribution is 2.12. The summed E-state index contributed by atoms with van der Waals surface area (Å²) in [6.45, 7) is 4.84. The molecule has 0 saturated carbocycles. The van der Waals surface area contributed by atoms with Crippen LogP contribution in [0.15, 0.2) is 36.4 Å². The summed E-state index contributed by atoms with van der Waals surface area (Å²) in [5.41, 5.74) is 6.12. The molecule has 0 heterocycles. The van der Waals surface area contributed by atoms with Gasteiger partial charge < -0.3 is 15.8 Å². The molecule has 0 aliphatic rings. The summed E-state index contributed by atoms with van der Waals surface area (Å²) in [4.78, 5) is 10.9. The normalized spacial score (nSPS) is 11.3. The number of carbonyl (C=O) groups excluding carboxylic acids is 1. The second-order valence-electron chi connectivity index (χ2n) is 8.82. The molecular formula is C28H48N2O2. The van der Waals surface area contributed by atoms with E-state index in [0.717, 1.165) is 24.4 Å². The Labute approximate surface area is 197 Å². The van der Waals surface area contributed by atoms with Crippen molar-refractivity contribution < 1.29 is 9.53 Å². The topological polar surface area (TPSA) is 64.3 Å². The lowest BCUT2D eigenvalue weighted by Crippen LogP contribution is -2.22. The molecule has 0 aromatic heterocycles. The van der Waals surface area contributed by atoms with Crippen molar-refractivity contribution in [1.29, 1.82) is 0 Å². The van der Waals surface area contributed by atoms with E-state index in [9.17, 15) is 4.79 Å². The summed E-state index contributed by atoms with van der Waals surface area (Å²) in [5.74, 6) is 0.520. The molecule has 0 aliphatic heterocycles. The number of hydrogen-bond acceptors (Lipinski definition) is 3. The molecule has 1 amide bonds. The van der Waals surface area contributed by atoms with E-state index in [4.69, 9.17) is 10.5 Å². The molecule has 4 nitrogen and oxygen atoms in total. The Hall–Kier alpha value is -1.81. The minimum Gasteiger partial charge on any atom is -0.492 e. The van der Waals surface area contributed by atoms with Gasteiger partial charge >= 0.3 is 0 Å². The second-order valence-corrected chi connectivity index (χ2v) is 8.82. The average molecular weight is 445 g/mol. The number of carbonyl (C=O) groups is 1. The van der Waals surface area contributed by atoms with E-state index in [1.54, 1.807) is 0 Å². The Kier molecular flexibility index (Phi) is 18.6. The highest BCUT2D eigenvalue weighted by molar-refractivity contribution is 5.76. The minimum absolute atomic E-state index is 0.276. The lowest BCUT2D eigenvalue weighted by molar-refractivity contribution is -0.117. The third-order valence-electron chi connectivity index (χ3n) is 5.71. The van der Waals surface area contributed by atoms with Crippen LogP contribution in [0, 0.1) is 0 Å². The van der Waals surface area contributed by atoms with Crippen LogP contribution in [0.25, 0.3) is 0 Å². The van der Waals surface area contributed by atoms with Crippen molar-refractivity contribution in [3.05, 3.63) is 42.0 Å². The first-order valence-electron chi connectivity index (χ1n) is 13.1. The fourth-order valence-corrected chi connectivity index (χ4v) is 3.77. The van der Waals surface area contributed by atoms with Crippen molar-refractivity contribution in [1.82, 2.24) is 5.32 Å². The summed E-state index contributed by atoms with van der Waals surface area (Å²) in [6, 6.07) is 7.56. The van der Waals surface area contributed by atoms with Gasteiger partial charge in [-0.15, -0.1) is 0 Å². The zero-order chi connectivity index (χ0) is 23.1. The molecule has 0 bridgehead atoms. The molecule has 0 radical (unpaired) electrons. The van der Waals surface area contributed by atoms with Gasteiger partial charge in [0.1, 0.15) is 12.4 Å². The number of benzene rings is 1. The minimum atomic E-state index is -0.311. The van der Waals surface area contributed by atoms with Gasteiger partial charge in [-0.1, -0.05) is 89.0 Å². The summed E-state index contributed by atoms with van der Waals surface area (Å²) in [7, 11) is 0. The Morgan fingerprint density at radius 3 is 1.97 bits per heavy atom. The van der Waals surface area contributed by atoms with Crippen molar-refractivity contribution in [2.75, 3.05) is 19.7 Å². The van der Waals surface area contributed by atoms with Gasteiger partial charge in [0.05, 0.1) is 6.42 Å². The zero-order valence-electron chi connectivity index (χ0n) is 20.6. The van der Waals surface area contributed by atoms with Crippen LogP contribution in [0.5, 0.6) is 5.75 Å². The lowest BCUT2D eigenvalue weighted by Gasteiger charge is -2.08. The number of unbranched alkanes of at least 4 members (excludes halogenated alkanes) is 12. The quantitative estimate of drug-likeness (QED) is 0.154. The predicted octanol–water partition coefficient (Wildman–Crippen LogP) is 6.72. The number of hydrogen-bond donors (Lipinski definition) is 2. The number of nitrogens with one attached hydrogen (secondary N) is 1. The van der Waals surface area contributed by atoms with Crippen molar-refractivity contribution >= 4 is 5.91 Å². The van der Waals surface area contributed by atoms with E-state index < -0.39 is 0 Å². The highest BCUT2D eigenvalue weighted by Gasteiger charge is 1.99. The van der Waals surface area contributed by atoms with Crippen molar-refractivity contribution in [2.45, 2.75) is 103 Å². The van der Waals surface area contributed by atoms with E-state index in [1.807, 2.05) is 24.3 Å². The summed E-state index contributed by atoms with van der Waals surface area (Å²) < 4.78 is 5.71. The number of primary amides is 1. The molecule has 0 atom stereocenters. The van der Waals surface area contributed by atoms with Crippen LogP contribution in [0.3, 0.4) is 0 Å². The molecular weight excluding hydrogens is 396 g/mol. The fraction of sp³-hybridized carbons (Fsp3) is 0.679. The maximum absolute atomic E-state index is 10.9. The third kappa shape index (κ3) is 17.8. The SMILES string of the molecule is CCCCCCCCC=CCCCCCCCCNCCOc1ccc(CC(N)=O)cc1. The number of nitrogens with two attached hydrogens (primary N) is 1. The van der Waals surface area contributed by atoms with Gasteiger partial charge in [-0.3, -0.25) is 4.79 Å². The number of rotatable bonds is 22. The molecule has 0 unspecified atom stereocenters. The van der Waals surface area contributed by atoms with Gasteiger partial charge in [0.25, 0.3) is 0 Å². The van der Waals surface area contributed by atoms with Crippen LogP contribution in [0.4, 0.5) is 0 Å². The van der Waals surface area contributed by atoms with Gasteiger partial charge in [-0.25, -0.2) is 0 Å². The molecule has 0 aliphatic carbocycles. The molecule has 0 saturated heterocycles. The number of allylic oxidation sites excluding steroid dienone is 2. The van der Waals surface area contributed by atoms with Crippen LogP contribution in [0.1, 0.15) is 102 Å². The first-order chi connectivity index (χ1) is 15.7. The van der Waals surface area contributed by atoms with Crippen molar-refractivity contribution in [3.8, 4) is 5.75 Å². The summed E-state index contributed by atoms with van der Waals surface area (Å²) in [5, 5.41) is 3.45. The molecule has 1 aromatic carbocycles. The Morgan fingerprint density at radius 1 is 0.812 bits per heavy atom. The number of amides is 1. The first-order valence-corrected chi connectivity index (χ1v) is 13.1. The molecule has 182 valence electrons. The van der Waals surface area contributed by atoms with Crippen LogP contribution in [0.2, 0.25) is 0 Å². The van der Waals surface area contributed by atoms with Crippen LogP contribution in [-0.4, -0.2) is 25.6 Å². The standard InChI is InChI=1S/C28H48N2O2/c1-2-3-4-5-6-7-8-9-10-11-12-13-14-15-16-17-22-30-23-24-32-27-20-18-26(19-21-27)25-28(29)31/h9-10,18-21,30H,2-8,11-17,22-25H2,1H3,(H2,29,31). The fourth-order valence-electron chi connectivity index (χ4n) is 3.77. The molecule has 1 aromatic rings. The highest BCUT2D eigenvalue weighted by atomic mass is 16.5. The van der Waals surface area contributed by atoms with E-state index in [-0.39, 0.29) is 12.3 Å². The Morgan fingerprint density at radius 2 is 1.38 bits per heavy atom. The smallest absolute Gasteiger partial charge is 0.221 e. The van der Waals surface area contributed by atoms with E-state index in [0.29, 0.717) is 6.61 Å². The van der Waals surface area contributed by atoms with Gasteiger partial charge in [0.15, 0.2) is 0 Å². The maximum Gasteiger partial charge on any atom is 0.221 e. The molecule has 32 heavy (non-hydrogen) atoms. The molecule has 3 N–H and O–H groups in total. The van der Waals surface area contributed by atoms with Crippen LogP contribution in [-0.2, 0) is 11.2 Å². The van der Waals surface area contributed by atoms with E-state index in [1.165, 1.54) is 89.9 Å². The first kappa shape index (κ1) is 28.2. The largest absolute Gasteiger partial charge is 0.492 e. The van der Waals surface area contributed by atoms with Gasteiger partial charge in [0, 0.05) is 6.54 Å². The summed E-state index contributed by atoms with van der Waals surface area (Å²) in [6.07, 6.45) is 23.9. The number of ether oxygens (including phenoxy) is 1.